The minimum atomic E-state index is -0.0279. The average Bonchev–Trinajstić information content (AvgIpc) is 3.30. The zero-order valence-corrected chi connectivity index (χ0v) is 16.4. The summed E-state index contributed by atoms with van der Waals surface area (Å²) >= 11 is 0. The van der Waals surface area contributed by atoms with Gasteiger partial charge in [-0.2, -0.15) is 0 Å². The Labute approximate surface area is 166 Å². The largest absolute Gasteiger partial charge is 0.355 e. The fourth-order valence-electron chi connectivity index (χ4n) is 3.98. The number of carbonyl (C=O) groups is 1. The number of nitrogens with zero attached hydrogens (tertiary/aromatic N) is 3. The lowest BCUT2D eigenvalue weighted by atomic mass is 9.97. The van der Waals surface area contributed by atoms with Crippen LogP contribution in [0.5, 0.6) is 0 Å². The summed E-state index contributed by atoms with van der Waals surface area (Å²) in [6, 6.07) is 11.7. The molecule has 1 aromatic carbocycles. The predicted octanol–water partition coefficient (Wildman–Crippen LogP) is 4.36. The van der Waals surface area contributed by atoms with E-state index in [-0.39, 0.29) is 5.91 Å². The van der Waals surface area contributed by atoms with Gasteiger partial charge in [0, 0.05) is 30.8 Å². The van der Waals surface area contributed by atoms with Gasteiger partial charge in [0.25, 0.3) is 5.91 Å². The molecule has 5 heteroatoms. The molecule has 28 heavy (non-hydrogen) atoms. The topological polar surface area (TPSA) is 58.1 Å². The van der Waals surface area contributed by atoms with Crippen LogP contribution in [0.25, 0.3) is 11.3 Å². The second kappa shape index (κ2) is 9.00. The molecule has 0 bridgehead atoms. The average molecular weight is 377 g/mol. The Kier molecular flexibility index (Phi) is 6.00. The lowest BCUT2D eigenvalue weighted by Gasteiger charge is -2.15. The standard InChI is InChI=1S/C23H28N4O/c28-23(24-14-13-18-7-2-1-3-8-18)20-10-6-9-19(17-20)21-11-12-22(26-25-21)27-15-4-5-16-27/h6-7,9-12,17H,1-5,8,13-16H2,(H,24,28). The van der Waals surface area contributed by atoms with Gasteiger partial charge in [-0.15, -0.1) is 10.2 Å². The van der Waals surface area contributed by atoms with Gasteiger partial charge < -0.3 is 10.2 Å². The first kappa shape index (κ1) is 18.7. The van der Waals surface area contributed by atoms with Gasteiger partial charge in [0.2, 0.25) is 0 Å². The number of benzene rings is 1. The zero-order valence-electron chi connectivity index (χ0n) is 16.4. The van der Waals surface area contributed by atoms with E-state index in [1.54, 1.807) is 0 Å². The number of amides is 1. The Balaban J connectivity index is 1.37. The molecular formula is C23H28N4O. The third kappa shape index (κ3) is 4.58. The molecule has 5 nitrogen and oxygen atoms in total. The lowest BCUT2D eigenvalue weighted by Crippen LogP contribution is -2.24. The minimum Gasteiger partial charge on any atom is -0.355 e. The van der Waals surface area contributed by atoms with Crippen LogP contribution in [0.3, 0.4) is 0 Å². The van der Waals surface area contributed by atoms with Crippen LogP contribution in [0, 0.1) is 0 Å². The second-order valence-corrected chi connectivity index (χ2v) is 7.67. The molecule has 0 saturated carbocycles. The molecule has 2 aliphatic rings. The number of hydrogen-bond donors (Lipinski definition) is 1. The summed E-state index contributed by atoms with van der Waals surface area (Å²) in [4.78, 5) is 14.8. The van der Waals surface area contributed by atoms with Crippen LogP contribution in [0.4, 0.5) is 5.82 Å². The first-order chi connectivity index (χ1) is 13.8. The molecule has 2 heterocycles. The first-order valence-corrected chi connectivity index (χ1v) is 10.4. The molecule has 1 N–H and O–H groups in total. The molecule has 0 spiro atoms. The van der Waals surface area contributed by atoms with Crippen molar-refractivity contribution in [2.75, 3.05) is 24.5 Å². The number of anilines is 1. The Bertz CT molecular complexity index is 838. The van der Waals surface area contributed by atoms with Gasteiger partial charge in [-0.3, -0.25) is 4.79 Å². The maximum absolute atomic E-state index is 12.5. The summed E-state index contributed by atoms with van der Waals surface area (Å²) in [5.74, 6) is 0.909. The van der Waals surface area contributed by atoms with Crippen molar-refractivity contribution in [3.8, 4) is 11.3 Å². The van der Waals surface area contributed by atoms with E-state index in [2.05, 4.69) is 26.5 Å². The van der Waals surface area contributed by atoms with Crippen molar-refractivity contribution >= 4 is 11.7 Å². The molecule has 1 fully saturated rings. The van der Waals surface area contributed by atoms with E-state index in [0.29, 0.717) is 12.1 Å². The quantitative estimate of drug-likeness (QED) is 0.761. The van der Waals surface area contributed by atoms with Crippen molar-refractivity contribution in [2.24, 2.45) is 0 Å². The Morgan fingerprint density at radius 2 is 1.93 bits per heavy atom. The molecule has 1 aliphatic carbocycles. The van der Waals surface area contributed by atoms with Gasteiger partial charge in [-0.1, -0.05) is 23.8 Å². The lowest BCUT2D eigenvalue weighted by molar-refractivity contribution is 0.0954. The molecule has 1 amide bonds. The fraction of sp³-hybridized carbons (Fsp3) is 0.435. The van der Waals surface area contributed by atoms with Gasteiger partial charge in [0.15, 0.2) is 5.82 Å². The number of nitrogens with one attached hydrogen (secondary N) is 1. The van der Waals surface area contributed by atoms with Crippen LogP contribution < -0.4 is 10.2 Å². The molecule has 1 saturated heterocycles. The smallest absolute Gasteiger partial charge is 0.251 e. The van der Waals surface area contributed by atoms with E-state index < -0.39 is 0 Å². The number of allylic oxidation sites excluding steroid dienone is 1. The van der Waals surface area contributed by atoms with Gasteiger partial charge in [0.1, 0.15) is 0 Å². The van der Waals surface area contributed by atoms with Crippen molar-refractivity contribution < 1.29 is 4.79 Å². The van der Waals surface area contributed by atoms with Crippen molar-refractivity contribution in [1.82, 2.24) is 15.5 Å². The van der Waals surface area contributed by atoms with Crippen LogP contribution >= 0.6 is 0 Å². The minimum absolute atomic E-state index is 0.0279. The predicted molar refractivity (Wildman–Crippen MR) is 112 cm³/mol. The Morgan fingerprint density at radius 1 is 1.04 bits per heavy atom. The Morgan fingerprint density at radius 3 is 2.68 bits per heavy atom. The molecule has 0 atom stereocenters. The third-order valence-electron chi connectivity index (χ3n) is 5.62. The molecule has 146 valence electrons. The van der Waals surface area contributed by atoms with Crippen LogP contribution in [0.2, 0.25) is 0 Å². The molecule has 4 rings (SSSR count). The van der Waals surface area contributed by atoms with E-state index in [4.69, 9.17) is 0 Å². The Hall–Kier alpha value is -2.69. The van der Waals surface area contributed by atoms with Crippen molar-refractivity contribution in [3.63, 3.8) is 0 Å². The summed E-state index contributed by atoms with van der Waals surface area (Å²) in [6.07, 6.45) is 10.7. The highest BCUT2D eigenvalue weighted by atomic mass is 16.1. The van der Waals surface area contributed by atoms with E-state index in [9.17, 15) is 4.79 Å². The van der Waals surface area contributed by atoms with Gasteiger partial charge in [0.05, 0.1) is 5.69 Å². The van der Waals surface area contributed by atoms with Crippen LogP contribution in [0.15, 0.2) is 48.0 Å². The molecule has 0 unspecified atom stereocenters. The van der Waals surface area contributed by atoms with Gasteiger partial charge in [-0.25, -0.2) is 0 Å². The van der Waals surface area contributed by atoms with Gasteiger partial charge in [-0.05, 0) is 69.2 Å². The van der Waals surface area contributed by atoms with Crippen molar-refractivity contribution in [2.45, 2.75) is 44.9 Å². The summed E-state index contributed by atoms with van der Waals surface area (Å²) in [5, 5.41) is 11.8. The molecule has 0 radical (unpaired) electrons. The summed E-state index contributed by atoms with van der Waals surface area (Å²) in [6.45, 7) is 2.81. The molecule has 2 aromatic rings. The normalized spacial score (nSPS) is 16.7. The van der Waals surface area contributed by atoms with Crippen molar-refractivity contribution in [3.05, 3.63) is 53.6 Å². The van der Waals surface area contributed by atoms with E-state index in [1.807, 2.05) is 36.4 Å². The van der Waals surface area contributed by atoms with Crippen molar-refractivity contribution in [1.29, 1.82) is 0 Å². The maximum atomic E-state index is 12.5. The third-order valence-corrected chi connectivity index (χ3v) is 5.62. The SMILES string of the molecule is O=C(NCCC1=CCCCC1)c1cccc(-c2ccc(N3CCCC3)nn2)c1. The highest BCUT2D eigenvalue weighted by Crippen LogP contribution is 2.22. The zero-order chi connectivity index (χ0) is 19.2. The monoisotopic (exact) mass is 376 g/mol. The van der Waals surface area contributed by atoms with E-state index >= 15 is 0 Å². The number of hydrogen-bond acceptors (Lipinski definition) is 4. The molecule has 1 aromatic heterocycles. The van der Waals surface area contributed by atoms with Crippen LogP contribution in [-0.2, 0) is 0 Å². The highest BCUT2D eigenvalue weighted by Gasteiger charge is 2.14. The second-order valence-electron chi connectivity index (χ2n) is 7.67. The van der Waals surface area contributed by atoms with Gasteiger partial charge >= 0.3 is 0 Å². The number of carbonyl (C=O) groups excluding carboxylic acids is 1. The number of rotatable bonds is 6. The first-order valence-electron chi connectivity index (χ1n) is 10.4. The maximum Gasteiger partial charge on any atom is 0.251 e. The van der Waals surface area contributed by atoms with E-state index in [1.165, 1.54) is 44.1 Å². The fourth-order valence-corrected chi connectivity index (χ4v) is 3.98. The van der Waals surface area contributed by atoms with Crippen LogP contribution in [-0.4, -0.2) is 35.7 Å². The van der Waals surface area contributed by atoms with Crippen LogP contribution in [0.1, 0.15) is 55.3 Å². The molecule has 1 aliphatic heterocycles. The summed E-state index contributed by atoms with van der Waals surface area (Å²) < 4.78 is 0. The van der Waals surface area contributed by atoms with E-state index in [0.717, 1.165) is 36.6 Å². The summed E-state index contributed by atoms with van der Waals surface area (Å²) in [7, 11) is 0. The molecular weight excluding hydrogens is 348 g/mol. The summed E-state index contributed by atoms with van der Waals surface area (Å²) in [5.41, 5.74) is 3.86. The number of aromatic nitrogens is 2. The highest BCUT2D eigenvalue weighted by molar-refractivity contribution is 5.95.